The molecule has 0 saturated carbocycles. The van der Waals surface area contributed by atoms with Crippen LogP contribution in [0.3, 0.4) is 0 Å². The maximum absolute atomic E-state index is 12.1. The van der Waals surface area contributed by atoms with Crippen LogP contribution in [0.15, 0.2) is 39.9 Å². The van der Waals surface area contributed by atoms with Gasteiger partial charge in [-0.2, -0.15) is 13.2 Å². The summed E-state index contributed by atoms with van der Waals surface area (Å²) < 4.78 is 42.0. The molecule has 138 valence electrons. The van der Waals surface area contributed by atoms with Crippen LogP contribution in [0.2, 0.25) is 0 Å². The quantitative estimate of drug-likeness (QED) is 0.397. The van der Waals surface area contributed by atoms with E-state index in [4.69, 9.17) is 4.42 Å². The third-order valence-electron chi connectivity index (χ3n) is 3.22. The summed E-state index contributed by atoms with van der Waals surface area (Å²) in [6.07, 6.45) is -3.51. The predicted octanol–water partition coefficient (Wildman–Crippen LogP) is 3.89. The largest absolute Gasteiger partial charge is 0.439 e. The van der Waals surface area contributed by atoms with Gasteiger partial charge in [0.05, 0.1) is 19.2 Å². The fourth-order valence-corrected chi connectivity index (χ4v) is 1.95. The average Bonchev–Trinajstić information content (AvgIpc) is 2.99. The molecule has 0 aliphatic carbocycles. The van der Waals surface area contributed by atoms with E-state index in [0.29, 0.717) is 11.7 Å². The Bertz CT molecular complexity index is 683. The fourth-order valence-electron chi connectivity index (χ4n) is 1.95. The van der Waals surface area contributed by atoms with E-state index in [9.17, 15) is 13.2 Å². The van der Waals surface area contributed by atoms with E-state index in [-0.39, 0.29) is 43.0 Å². The number of guanidine groups is 1. The molecule has 0 bridgehead atoms. The van der Waals surface area contributed by atoms with Gasteiger partial charge in [-0.15, -0.1) is 24.0 Å². The van der Waals surface area contributed by atoms with E-state index in [1.54, 1.807) is 6.20 Å². The zero-order chi connectivity index (χ0) is 17.6. The van der Waals surface area contributed by atoms with Crippen LogP contribution in [0, 0.1) is 6.92 Å². The summed E-state index contributed by atoms with van der Waals surface area (Å²) in [6.45, 7) is 1.97. The highest BCUT2D eigenvalue weighted by Gasteiger charge is 2.26. The van der Waals surface area contributed by atoms with Crippen molar-refractivity contribution in [3.63, 3.8) is 0 Å². The van der Waals surface area contributed by atoms with Gasteiger partial charge in [0.1, 0.15) is 0 Å². The predicted molar refractivity (Wildman–Crippen MR) is 101 cm³/mol. The lowest BCUT2D eigenvalue weighted by atomic mass is 10.1. The lowest BCUT2D eigenvalue weighted by Gasteiger charge is -2.11. The SMILES string of the molecule is CN=C(NCCC(F)(F)F)NCc1ncc(-c2ccc(C)cc2)o1.I. The number of hydrogen-bond acceptors (Lipinski definition) is 3. The molecule has 0 amide bonds. The molecule has 9 heteroatoms. The maximum atomic E-state index is 12.1. The second-order valence-electron chi connectivity index (χ2n) is 5.20. The van der Waals surface area contributed by atoms with Crippen molar-refractivity contribution in [1.29, 1.82) is 0 Å². The average molecular weight is 468 g/mol. The number of oxazole rings is 1. The summed E-state index contributed by atoms with van der Waals surface area (Å²) in [5.74, 6) is 1.31. The Morgan fingerprint density at radius 2 is 1.88 bits per heavy atom. The lowest BCUT2D eigenvalue weighted by molar-refractivity contribution is -0.132. The first kappa shape index (κ1) is 21.3. The van der Waals surface area contributed by atoms with Crippen molar-refractivity contribution in [2.75, 3.05) is 13.6 Å². The summed E-state index contributed by atoms with van der Waals surface area (Å²) in [7, 11) is 1.48. The Labute approximate surface area is 161 Å². The first-order valence-corrected chi connectivity index (χ1v) is 7.40. The molecule has 2 aromatic rings. The number of aryl methyl sites for hydroxylation is 1. The van der Waals surface area contributed by atoms with Crippen LogP contribution >= 0.6 is 24.0 Å². The van der Waals surface area contributed by atoms with Gasteiger partial charge in [0.15, 0.2) is 11.7 Å². The second-order valence-corrected chi connectivity index (χ2v) is 5.20. The van der Waals surface area contributed by atoms with Crippen LogP contribution in [-0.2, 0) is 6.54 Å². The molecule has 1 heterocycles. The highest BCUT2D eigenvalue weighted by atomic mass is 127. The molecule has 0 aliphatic heterocycles. The number of nitrogens with zero attached hydrogens (tertiary/aromatic N) is 2. The summed E-state index contributed by atoms with van der Waals surface area (Å²) in [4.78, 5) is 8.00. The number of alkyl halides is 3. The van der Waals surface area contributed by atoms with Crippen LogP contribution in [0.25, 0.3) is 11.3 Å². The van der Waals surface area contributed by atoms with Crippen molar-refractivity contribution in [3.8, 4) is 11.3 Å². The first-order chi connectivity index (χ1) is 11.4. The van der Waals surface area contributed by atoms with Gasteiger partial charge in [-0.25, -0.2) is 4.98 Å². The van der Waals surface area contributed by atoms with Crippen molar-refractivity contribution in [2.24, 2.45) is 4.99 Å². The van der Waals surface area contributed by atoms with Gasteiger partial charge in [0.2, 0.25) is 5.89 Å². The van der Waals surface area contributed by atoms with Gasteiger partial charge < -0.3 is 15.1 Å². The second kappa shape index (κ2) is 9.64. The zero-order valence-corrected chi connectivity index (χ0v) is 16.2. The number of benzene rings is 1. The summed E-state index contributed by atoms with van der Waals surface area (Å²) in [5, 5.41) is 5.45. The molecule has 2 rings (SSSR count). The normalized spacial score (nSPS) is 11.8. The van der Waals surface area contributed by atoms with E-state index in [1.807, 2.05) is 31.2 Å². The van der Waals surface area contributed by atoms with Crippen molar-refractivity contribution in [3.05, 3.63) is 41.9 Å². The third kappa shape index (κ3) is 7.32. The third-order valence-corrected chi connectivity index (χ3v) is 3.22. The molecule has 0 fully saturated rings. The van der Waals surface area contributed by atoms with Gasteiger partial charge >= 0.3 is 6.18 Å². The molecule has 1 aromatic carbocycles. The van der Waals surface area contributed by atoms with E-state index in [2.05, 4.69) is 20.6 Å². The first-order valence-electron chi connectivity index (χ1n) is 7.40. The van der Waals surface area contributed by atoms with Crippen LogP contribution in [0.5, 0.6) is 0 Å². The number of hydrogen-bond donors (Lipinski definition) is 2. The van der Waals surface area contributed by atoms with Crippen molar-refractivity contribution in [2.45, 2.75) is 26.1 Å². The van der Waals surface area contributed by atoms with Gasteiger partial charge in [-0.05, 0) is 6.92 Å². The van der Waals surface area contributed by atoms with Gasteiger partial charge in [-0.1, -0.05) is 29.8 Å². The van der Waals surface area contributed by atoms with Gasteiger partial charge in [0.25, 0.3) is 0 Å². The smallest absolute Gasteiger partial charge is 0.390 e. The van der Waals surface area contributed by atoms with Crippen LogP contribution in [0.4, 0.5) is 13.2 Å². The number of aromatic nitrogens is 1. The Hall–Kier alpha value is -1.78. The van der Waals surface area contributed by atoms with Crippen LogP contribution < -0.4 is 10.6 Å². The summed E-state index contributed by atoms with van der Waals surface area (Å²) in [6, 6.07) is 7.82. The van der Waals surface area contributed by atoms with Crippen molar-refractivity contribution < 1.29 is 17.6 Å². The highest BCUT2D eigenvalue weighted by molar-refractivity contribution is 14.0. The summed E-state index contributed by atoms with van der Waals surface area (Å²) >= 11 is 0. The molecule has 5 nitrogen and oxygen atoms in total. The Morgan fingerprint density at radius 3 is 2.48 bits per heavy atom. The minimum Gasteiger partial charge on any atom is -0.439 e. The molecule has 1 aromatic heterocycles. The topological polar surface area (TPSA) is 62.5 Å². The van der Waals surface area contributed by atoms with E-state index >= 15 is 0 Å². The van der Waals surface area contributed by atoms with E-state index in [1.165, 1.54) is 7.05 Å². The van der Waals surface area contributed by atoms with E-state index in [0.717, 1.165) is 11.1 Å². The summed E-state index contributed by atoms with van der Waals surface area (Å²) in [5.41, 5.74) is 2.06. The van der Waals surface area contributed by atoms with Gasteiger partial charge in [0, 0.05) is 19.2 Å². The molecule has 0 saturated heterocycles. The molecule has 2 N–H and O–H groups in total. The molecule has 0 radical (unpaired) electrons. The highest BCUT2D eigenvalue weighted by Crippen LogP contribution is 2.20. The molecule has 25 heavy (non-hydrogen) atoms. The van der Waals surface area contributed by atoms with Crippen molar-refractivity contribution >= 4 is 29.9 Å². The lowest BCUT2D eigenvalue weighted by Crippen LogP contribution is -2.38. The molecule has 0 unspecified atom stereocenters. The number of nitrogens with one attached hydrogen (secondary N) is 2. The minimum absolute atomic E-state index is 0. The van der Waals surface area contributed by atoms with Crippen LogP contribution in [-0.4, -0.2) is 30.7 Å². The Morgan fingerprint density at radius 1 is 1.20 bits per heavy atom. The molecule has 0 spiro atoms. The standard InChI is InChI=1S/C16H19F3N4O.HI/c1-11-3-5-12(6-4-11)13-9-22-14(24-13)10-23-15(20-2)21-8-7-16(17,18)19;/h3-6,9H,7-8,10H2,1-2H3,(H2,20,21,23);1H. The van der Waals surface area contributed by atoms with Crippen molar-refractivity contribution in [1.82, 2.24) is 15.6 Å². The Kier molecular flexibility index (Phi) is 8.20. The molecule has 0 atom stereocenters. The minimum atomic E-state index is -4.20. The zero-order valence-electron chi connectivity index (χ0n) is 13.9. The fraction of sp³-hybridized carbons (Fsp3) is 0.375. The molecular formula is C16H20F3IN4O. The molecular weight excluding hydrogens is 448 g/mol. The van der Waals surface area contributed by atoms with Gasteiger partial charge in [-0.3, -0.25) is 4.99 Å². The molecule has 0 aliphatic rings. The number of rotatable bonds is 5. The number of aliphatic imine (C=N–C) groups is 1. The van der Waals surface area contributed by atoms with E-state index < -0.39 is 12.6 Å². The van der Waals surface area contributed by atoms with Crippen LogP contribution in [0.1, 0.15) is 17.9 Å². The number of halogens is 4. The Balaban J connectivity index is 0.00000312. The maximum Gasteiger partial charge on any atom is 0.390 e. The monoisotopic (exact) mass is 468 g/mol.